The Morgan fingerprint density at radius 3 is 2.76 bits per heavy atom. The minimum Gasteiger partial charge on any atom is -0.384 e. The highest BCUT2D eigenvalue weighted by Gasteiger charge is 2.12. The van der Waals surface area contributed by atoms with E-state index in [1.54, 1.807) is 12.1 Å². The molecule has 0 amide bonds. The zero-order valence-electron chi connectivity index (χ0n) is 9.75. The second-order valence-electron chi connectivity index (χ2n) is 4.26. The molecule has 90 valence electrons. The lowest BCUT2D eigenvalue weighted by molar-refractivity contribution is 0.331. The molecular formula is C14H16FNO. The number of aliphatic hydroxyl groups excluding tert-OH is 1. The quantitative estimate of drug-likeness (QED) is 0.787. The summed E-state index contributed by atoms with van der Waals surface area (Å²) in [5.41, 5.74) is 1.45. The maximum absolute atomic E-state index is 13.4. The van der Waals surface area contributed by atoms with Gasteiger partial charge < -0.3 is 5.11 Å². The molecule has 1 heterocycles. The zero-order valence-corrected chi connectivity index (χ0v) is 9.75. The Kier molecular flexibility index (Phi) is 4.13. The number of nitrogens with zero attached hydrogens (tertiary/aromatic N) is 1. The molecule has 3 heteroatoms. The zero-order chi connectivity index (χ0) is 12.1. The molecule has 1 N–H and O–H groups in total. The lowest BCUT2D eigenvalue weighted by Gasteiger charge is -2.14. The highest BCUT2D eigenvalue weighted by Crippen LogP contribution is 2.15. The van der Waals surface area contributed by atoms with E-state index in [0.29, 0.717) is 5.56 Å². The molecule has 0 atom stereocenters. The fraction of sp³-hybridized carbons (Fsp3) is 0.429. The first-order chi connectivity index (χ1) is 8.29. The van der Waals surface area contributed by atoms with Gasteiger partial charge in [-0.3, -0.25) is 4.90 Å². The Morgan fingerprint density at radius 2 is 2.06 bits per heavy atom. The van der Waals surface area contributed by atoms with Gasteiger partial charge in [-0.1, -0.05) is 17.9 Å². The van der Waals surface area contributed by atoms with Gasteiger partial charge in [-0.25, -0.2) is 4.39 Å². The van der Waals surface area contributed by atoms with Crippen molar-refractivity contribution in [3.05, 3.63) is 35.1 Å². The molecule has 0 radical (unpaired) electrons. The lowest BCUT2D eigenvalue weighted by atomic mass is 10.1. The van der Waals surface area contributed by atoms with Crippen LogP contribution in [0.1, 0.15) is 24.0 Å². The maximum atomic E-state index is 13.4. The number of benzene rings is 1. The Hall–Kier alpha value is -1.37. The first kappa shape index (κ1) is 12.1. The van der Waals surface area contributed by atoms with Crippen LogP contribution in [0.4, 0.5) is 4.39 Å². The summed E-state index contributed by atoms with van der Waals surface area (Å²) in [6.45, 7) is 2.86. The lowest BCUT2D eigenvalue weighted by Crippen LogP contribution is -2.18. The van der Waals surface area contributed by atoms with Crippen molar-refractivity contribution in [1.82, 2.24) is 4.90 Å². The van der Waals surface area contributed by atoms with Crippen LogP contribution in [0.2, 0.25) is 0 Å². The van der Waals surface area contributed by atoms with Gasteiger partial charge in [-0.05, 0) is 43.6 Å². The minimum absolute atomic E-state index is 0.240. The van der Waals surface area contributed by atoms with Crippen molar-refractivity contribution >= 4 is 0 Å². The Balaban J connectivity index is 2.12. The van der Waals surface area contributed by atoms with E-state index in [1.165, 1.54) is 18.9 Å². The fourth-order valence-electron chi connectivity index (χ4n) is 2.10. The normalized spacial score (nSPS) is 15.6. The topological polar surface area (TPSA) is 23.5 Å². The van der Waals surface area contributed by atoms with Gasteiger partial charge in [0.15, 0.2) is 0 Å². The van der Waals surface area contributed by atoms with E-state index in [4.69, 9.17) is 5.11 Å². The van der Waals surface area contributed by atoms with E-state index in [1.807, 2.05) is 0 Å². The van der Waals surface area contributed by atoms with Crippen molar-refractivity contribution in [2.75, 3.05) is 19.7 Å². The van der Waals surface area contributed by atoms with Crippen LogP contribution < -0.4 is 0 Å². The summed E-state index contributed by atoms with van der Waals surface area (Å²) in [5, 5.41) is 8.61. The number of halogens is 1. The minimum atomic E-state index is -0.323. The summed E-state index contributed by atoms with van der Waals surface area (Å²) in [6, 6.07) is 5.03. The Morgan fingerprint density at radius 1 is 1.29 bits per heavy atom. The van der Waals surface area contributed by atoms with Crippen LogP contribution in [-0.2, 0) is 6.54 Å². The molecule has 0 saturated carbocycles. The van der Waals surface area contributed by atoms with E-state index < -0.39 is 0 Å². The highest BCUT2D eigenvalue weighted by atomic mass is 19.1. The Labute approximate surface area is 101 Å². The molecule has 1 aliphatic rings. The Bertz CT molecular complexity index is 441. The summed E-state index contributed by atoms with van der Waals surface area (Å²) in [4.78, 5) is 2.36. The van der Waals surface area contributed by atoms with E-state index in [9.17, 15) is 4.39 Å². The number of likely N-dealkylation sites (tertiary alicyclic amines) is 1. The molecule has 0 aromatic heterocycles. The standard InChI is InChI=1S/C14H16FNO/c15-14-6-5-12(10-13(14)4-3-9-17)11-16-7-1-2-8-16/h5-6,10,17H,1-2,7-9,11H2. The predicted molar refractivity (Wildman–Crippen MR) is 64.9 cm³/mol. The van der Waals surface area contributed by atoms with Crippen molar-refractivity contribution < 1.29 is 9.50 Å². The van der Waals surface area contributed by atoms with Crippen LogP contribution in [-0.4, -0.2) is 29.7 Å². The molecule has 0 aliphatic carbocycles. The van der Waals surface area contributed by atoms with Gasteiger partial charge in [0.05, 0.1) is 5.56 Å². The molecule has 2 rings (SSSR count). The van der Waals surface area contributed by atoms with Gasteiger partial charge >= 0.3 is 0 Å². The van der Waals surface area contributed by atoms with Crippen molar-refractivity contribution in [3.63, 3.8) is 0 Å². The number of hydrogen-bond acceptors (Lipinski definition) is 2. The SMILES string of the molecule is OCC#Cc1cc(CN2CCCC2)ccc1F. The van der Waals surface area contributed by atoms with Gasteiger partial charge in [-0.15, -0.1) is 0 Å². The predicted octanol–water partition coefficient (Wildman–Crippen LogP) is 1.77. The third kappa shape index (κ3) is 3.29. The summed E-state index contributed by atoms with van der Waals surface area (Å²) < 4.78 is 13.4. The second-order valence-corrected chi connectivity index (χ2v) is 4.26. The molecule has 0 unspecified atom stereocenters. The first-order valence-corrected chi connectivity index (χ1v) is 5.90. The van der Waals surface area contributed by atoms with Crippen LogP contribution >= 0.6 is 0 Å². The van der Waals surface area contributed by atoms with E-state index in [-0.39, 0.29) is 12.4 Å². The largest absolute Gasteiger partial charge is 0.384 e. The van der Waals surface area contributed by atoms with Gasteiger partial charge in [-0.2, -0.15) is 0 Å². The van der Waals surface area contributed by atoms with Crippen molar-refractivity contribution in [1.29, 1.82) is 0 Å². The average Bonchev–Trinajstić information content (AvgIpc) is 2.82. The average molecular weight is 233 g/mol. The molecule has 1 aliphatic heterocycles. The first-order valence-electron chi connectivity index (χ1n) is 5.90. The van der Waals surface area contributed by atoms with Crippen LogP contribution in [0.5, 0.6) is 0 Å². The van der Waals surface area contributed by atoms with Crippen LogP contribution in [0, 0.1) is 17.7 Å². The summed E-state index contributed by atoms with van der Waals surface area (Å²) in [7, 11) is 0. The highest BCUT2D eigenvalue weighted by molar-refractivity contribution is 5.38. The third-order valence-corrected chi connectivity index (χ3v) is 2.94. The van der Waals surface area contributed by atoms with E-state index >= 15 is 0 Å². The monoisotopic (exact) mass is 233 g/mol. The van der Waals surface area contributed by atoms with Gasteiger partial charge in [0, 0.05) is 6.54 Å². The summed E-state index contributed by atoms with van der Waals surface area (Å²) >= 11 is 0. The summed E-state index contributed by atoms with van der Waals surface area (Å²) in [5.74, 6) is 4.79. The van der Waals surface area contributed by atoms with E-state index in [2.05, 4.69) is 16.7 Å². The van der Waals surface area contributed by atoms with Gasteiger partial charge in [0.2, 0.25) is 0 Å². The van der Waals surface area contributed by atoms with Crippen LogP contribution in [0.3, 0.4) is 0 Å². The molecule has 1 aromatic rings. The van der Waals surface area contributed by atoms with Crippen LogP contribution in [0.25, 0.3) is 0 Å². The van der Waals surface area contributed by atoms with Crippen molar-refractivity contribution in [2.45, 2.75) is 19.4 Å². The molecule has 0 spiro atoms. The second kappa shape index (κ2) is 5.81. The molecule has 17 heavy (non-hydrogen) atoms. The molecule has 1 fully saturated rings. The smallest absolute Gasteiger partial charge is 0.138 e. The molecule has 0 bridgehead atoms. The van der Waals surface area contributed by atoms with Gasteiger partial charge in [0.1, 0.15) is 12.4 Å². The van der Waals surface area contributed by atoms with Gasteiger partial charge in [0.25, 0.3) is 0 Å². The molecule has 2 nitrogen and oxygen atoms in total. The van der Waals surface area contributed by atoms with E-state index in [0.717, 1.165) is 25.2 Å². The number of aliphatic hydroxyl groups is 1. The molecular weight excluding hydrogens is 217 g/mol. The number of rotatable bonds is 2. The van der Waals surface area contributed by atoms with Crippen LogP contribution in [0.15, 0.2) is 18.2 Å². The third-order valence-electron chi connectivity index (χ3n) is 2.94. The maximum Gasteiger partial charge on any atom is 0.138 e. The molecule has 1 aromatic carbocycles. The van der Waals surface area contributed by atoms with Crippen molar-refractivity contribution in [2.24, 2.45) is 0 Å². The van der Waals surface area contributed by atoms with Crippen molar-refractivity contribution in [3.8, 4) is 11.8 Å². The molecule has 1 saturated heterocycles. The number of hydrogen-bond donors (Lipinski definition) is 1. The summed E-state index contributed by atoms with van der Waals surface area (Å²) in [6.07, 6.45) is 2.50. The fourth-order valence-corrected chi connectivity index (χ4v) is 2.10.